The average Bonchev–Trinajstić information content (AvgIpc) is 3.38. The smallest absolute Gasteiger partial charge is 0.407 e. The van der Waals surface area contributed by atoms with Gasteiger partial charge in [0.05, 0.1) is 25.3 Å². The van der Waals surface area contributed by atoms with Gasteiger partial charge in [-0.3, -0.25) is 9.59 Å². The number of amides is 1. The Morgan fingerprint density at radius 3 is 2.45 bits per heavy atom. The summed E-state index contributed by atoms with van der Waals surface area (Å²) in [6.45, 7) is 7.53. The van der Waals surface area contributed by atoms with Crippen LogP contribution < -0.4 is 15.0 Å². The van der Waals surface area contributed by atoms with Gasteiger partial charge in [0, 0.05) is 18.5 Å². The molecule has 1 aliphatic heterocycles. The van der Waals surface area contributed by atoms with E-state index in [1.807, 2.05) is 0 Å². The zero-order valence-corrected chi connectivity index (χ0v) is 19.5. The van der Waals surface area contributed by atoms with E-state index < -0.39 is 52.8 Å². The first-order chi connectivity index (χ1) is 15.4. The van der Waals surface area contributed by atoms with Gasteiger partial charge in [-0.05, 0) is 46.6 Å². The quantitative estimate of drug-likeness (QED) is 0.371. The number of carbonyl (C=O) groups is 3. The molecular weight excluding hydrogens is 438 g/mol. The summed E-state index contributed by atoms with van der Waals surface area (Å²) >= 11 is 0. The minimum absolute atomic E-state index is 0.0699. The minimum atomic E-state index is -1.04. The number of Topliss-reactive ketones (excluding diaryl/α,β-unsaturated/α-hetero) is 1. The first kappa shape index (κ1) is 24.7. The number of esters is 1. The van der Waals surface area contributed by atoms with Gasteiger partial charge in [-0.1, -0.05) is 0 Å². The monoisotopic (exact) mass is 468 g/mol. The Balaban J connectivity index is 1.85. The van der Waals surface area contributed by atoms with E-state index in [4.69, 9.17) is 14.2 Å². The number of ketones is 1. The van der Waals surface area contributed by atoms with Crippen molar-refractivity contribution in [2.45, 2.75) is 58.6 Å². The molecule has 1 N–H and O–H groups in total. The highest BCUT2D eigenvalue weighted by molar-refractivity contribution is 6.06. The van der Waals surface area contributed by atoms with Crippen LogP contribution in [0.25, 0.3) is 0 Å². The molecule has 10 heteroatoms. The summed E-state index contributed by atoms with van der Waals surface area (Å²) in [6.07, 6.45) is 0.375. The van der Waals surface area contributed by atoms with Crippen molar-refractivity contribution in [1.82, 2.24) is 5.32 Å². The van der Waals surface area contributed by atoms with E-state index in [1.165, 1.54) is 7.11 Å². The van der Waals surface area contributed by atoms with Crippen molar-refractivity contribution < 1.29 is 37.4 Å². The number of carbonyl (C=O) groups excluding carboxylic acids is 3. The van der Waals surface area contributed by atoms with E-state index in [9.17, 15) is 14.4 Å². The van der Waals surface area contributed by atoms with Crippen molar-refractivity contribution in [3.63, 3.8) is 0 Å². The van der Waals surface area contributed by atoms with Crippen molar-refractivity contribution in [2.24, 2.45) is 5.41 Å². The van der Waals surface area contributed by atoms with Crippen molar-refractivity contribution >= 4 is 23.5 Å². The summed E-state index contributed by atoms with van der Waals surface area (Å²) in [5, 5.41) is 2.86. The molecule has 8 nitrogen and oxygen atoms in total. The average molecular weight is 468 g/mol. The third kappa shape index (κ3) is 5.36. The number of rotatable bonds is 7. The molecule has 182 valence electrons. The predicted molar refractivity (Wildman–Crippen MR) is 116 cm³/mol. The highest BCUT2D eigenvalue weighted by Gasteiger charge is 2.56. The number of nitrogens with one attached hydrogen (secondary N) is 1. The molecule has 1 heterocycles. The van der Waals surface area contributed by atoms with Crippen molar-refractivity contribution in [3.05, 3.63) is 23.3 Å². The largest absolute Gasteiger partial charge is 0.491 e. The summed E-state index contributed by atoms with van der Waals surface area (Å²) < 4.78 is 45.6. The highest BCUT2D eigenvalue weighted by Crippen LogP contribution is 2.55. The van der Waals surface area contributed by atoms with Crippen LogP contribution in [0.4, 0.5) is 19.3 Å². The van der Waals surface area contributed by atoms with Gasteiger partial charge in [-0.25, -0.2) is 13.6 Å². The maximum absolute atomic E-state index is 15.2. The molecule has 1 spiro atoms. The van der Waals surface area contributed by atoms with Crippen LogP contribution in [0.5, 0.6) is 5.75 Å². The first-order valence-electron chi connectivity index (χ1n) is 10.9. The summed E-state index contributed by atoms with van der Waals surface area (Å²) in [5.41, 5.74) is -1.63. The Hall–Kier alpha value is -2.91. The van der Waals surface area contributed by atoms with Gasteiger partial charge >= 0.3 is 12.1 Å². The standard InChI is InChI=1S/C23H30F2N2O6/c1-6-32-17(29)10-15(28)13-9-14(24)19(20(31-5)18(13)25)27-11-16(23(12-27)7-8-23)26-21(30)33-22(2,3)4/h9,16H,6-8,10-12H2,1-5H3,(H,26,30)/t16-/m1/s1. The number of benzene rings is 1. The number of methoxy groups -OCH3 is 1. The topological polar surface area (TPSA) is 94.2 Å². The van der Waals surface area contributed by atoms with Gasteiger partial charge in [-0.15, -0.1) is 0 Å². The second-order valence-electron chi connectivity index (χ2n) is 9.45. The van der Waals surface area contributed by atoms with Crippen LogP contribution in [-0.2, 0) is 14.3 Å². The molecule has 0 radical (unpaired) electrons. The lowest BCUT2D eigenvalue weighted by molar-refractivity contribution is -0.141. The number of halogens is 2. The molecule has 0 unspecified atom stereocenters. The van der Waals surface area contributed by atoms with Crippen LogP contribution in [0.2, 0.25) is 0 Å². The summed E-state index contributed by atoms with van der Waals surface area (Å²) in [5.74, 6) is -4.04. The number of hydrogen-bond donors (Lipinski definition) is 1. The SMILES string of the molecule is CCOC(=O)CC(=O)c1cc(F)c(N2C[C@@H](NC(=O)OC(C)(C)C)C3(CC3)C2)c(OC)c1F. The van der Waals surface area contributed by atoms with Crippen molar-refractivity contribution in [1.29, 1.82) is 0 Å². The van der Waals surface area contributed by atoms with E-state index in [1.54, 1.807) is 32.6 Å². The molecule has 33 heavy (non-hydrogen) atoms. The normalized spacial score (nSPS) is 18.8. The molecule has 2 fully saturated rings. The molecule has 1 saturated heterocycles. The van der Waals surface area contributed by atoms with Crippen LogP contribution in [0.3, 0.4) is 0 Å². The Morgan fingerprint density at radius 2 is 1.91 bits per heavy atom. The lowest BCUT2D eigenvalue weighted by Gasteiger charge is -2.24. The fourth-order valence-electron chi connectivity index (χ4n) is 4.17. The van der Waals surface area contributed by atoms with E-state index in [0.717, 1.165) is 18.9 Å². The molecule has 1 aromatic carbocycles. The Kier molecular flexibility index (Phi) is 6.85. The molecule has 1 aromatic rings. The van der Waals surface area contributed by atoms with E-state index in [0.29, 0.717) is 6.54 Å². The van der Waals surface area contributed by atoms with E-state index in [2.05, 4.69) is 5.32 Å². The number of anilines is 1. The summed E-state index contributed by atoms with van der Waals surface area (Å²) in [4.78, 5) is 37.9. The number of nitrogens with zero attached hydrogens (tertiary/aromatic N) is 1. The molecule has 1 aliphatic carbocycles. The van der Waals surface area contributed by atoms with Gasteiger partial charge in [0.1, 0.15) is 17.7 Å². The zero-order valence-electron chi connectivity index (χ0n) is 19.5. The number of hydrogen-bond acceptors (Lipinski definition) is 7. The van der Waals surface area contributed by atoms with Crippen LogP contribution in [-0.4, -0.2) is 56.3 Å². The van der Waals surface area contributed by atoms with Crippen molar-refractivity contribution in [2.75, 3.05) is 31.7 Å². The second-order valence-corrected chi connectivity index (χ2v) is 9.45. The van der Waals surface area contributed by atoms with Crippen LogP contribution >= 0.6 is 0 Å². The van der Waals surface area contributed by atoms with Gasteiger partial charge in [0.2, 0.25) is 0 Å². The molecule has 2 aliphatic rings. The Labute approximate surface area is 191 Å². The lowest BCUT2D eigenvalue weighted by Crippen LogP contribution is -2.44. The fourth-order valence-corrected chi connectivity index (χ4v) is 4.17. The van der Waals surface area contributed by atoms with Crippen molar-refractivity contribution in [3.8, 4) is 5.75 Å². The number of alkyl carbamates (subject to hydrolysis) is 1. The van der Waals surface area contributed by atoms with Crippen LogP contribution in [0, 0.1) is 17.0 Å². The van der Waals surface area contributed by atoms with Gasteiger partial charge in [0.25, 0.3) is 0 Å². The van der Waals surface area contributed by atoms with Crippen LogP contribution in [0.1, 0.15) is 57.3 Å². The van der Waals surface area contributed by atoms with E-state index >= 15 is 8.78 Å². The number of ether oxygens (including phenoxy) is 3. The highest BCUT2D eigenvalue weighted by atomic mass is 19.1. The molecular formula is C23H30F2N2O6. The maximum Gasteiger partial charge on any atom is 0.407 e. The Morgan fingerprint density at radius 1 is 1.24 bits per heavy atom. The second kappa shape index (κ2) is 9.15. The molecule has 0 aromatic heterocycles. The van der Waals surface area contributed by atoms with E-state index in [-0.39, 0.29) is 30.3 Å². The minimum Gasteiger partial charge on any atom is -0.491 e. The molecule has 3 rings (SSSR count). The van der Waals surface area contributed by atoms with Crippen LogP contribution in [0.15, 0.2) is 6.07 Å². The zero-order chi connectivity index (χ0) is 24.6. The molecule has 0 bridgehead atoms. The first-order valence-corrected chi connectivity index (χ1v) is 10.9. The third-order valence-electron chi connectivity index (χ3n) is 5.81. The summed E-state index contributed by atoms with van der Waals surface area (Å²) in [7, 11) is 1.18. The van der Waals surface area contributed by atoms with Gasteiger partial charge in [0.15, 0.2) is 23.2 Å². The maximum atomic E-state index is 15.2. The summed E-state index contributed by atoms with van der Waals surface area (Å²) in [6, 6.07) is 0.466. The van der Waals surface area contributed by atoms with Gasteiger partial charge in [-0.2, -0.15) is 0 Å². The molecule has 1 atom stereocenters. The predicted octanol–water partition coefficient (Wildman–Crippen LogP) is 3.60. The van der Waals surface area contributed by atoms with Gasteiger partial charge < -0.3 is 24.4 Å². The molecule has 1 saturated carbocycles. The molecule has 1 amide bonds. The Bertz CT molecular complexity index is 955. The lowest BCUT2D eigenvalue weighted by atomic mass is 10.0. The third-order valence-corrected chi connectivity index (χ3v) is 5.81. The fraction of sp³-hybridized carbons (Fsp3) is 0.609.